The number of ether oxygens (including phenoxy) is 2. The Morgan fingerprint density at radius 1 is 1.15 bits per heavy atom. The third kappa shape index (κ3) is 4.89. The largest absolute Gasteiger partial charge is 0.348 e. The van der Waals surface area contributed by atoms with Gasteiger partial charge in [-0.05, 0) is 19.4 Å². The van der Waals surface area contributed by atoms with E-state index >= 15 is 0 Å². The van der Waals surface area contributed by atoms with Crippen LogP contribution in [0.15, 0.2) is 42.1 Å². The van der Waals surface area contributed by atoms with E-state index in [2.05, 4.69) is 55.2 Å². The molecule has 0 amide bonds. The van der Waals surface area contributed by atoms with E-state index in [0.717, 1.165) is 26.1 Å². The van der Waals surface area contributed by atoms with Crippen molar-refractivity contribution in [3.05, 3.63) is 47.7 Å². The summed E-state index contributed by atoms with van der Waals surface area (Å²) in [5.41, 5.74) is 3.90. The third-order valence-corrected chi connectivity index (χ3v) is 6.19. The van der Waals surface area contributed by atoms with Crippen LogP contribution in [-0.2, 0) is 15.5 Å². The molecule has 3 heteroatoms. The highest BCUT2D eigenvalue weighted by atomic mass is 28.3. The fourth-order valence-corrected chi connectivity index (χ4v) is 4.84. The van der Waals surface area contributed by atoms with Crippen molar-refractivity contribution in [1.29, 1.82) is 0 Å². The zero-order valence-corrected chi connectivity index (χ0v) is 13.9. The number of hydrogen-bond acceptors (Lipinski definition) is 2. The van der Waals surface area contributed by atoms with Gasteiger partial charge in [0.15, 0.2) is 5.79 Å². The van der Waals surface area contributed by atoms with Gasteiger partial charge < -0.3 is 9.47 Å². The lowest BCUT2D eigenvalue weighted by atomic mass is 10.2. The molecule has 2 nitrogen and oxygen atoms in total. The molecule has 2 rings (SSSR count). The second-order valence-corrected chi connectivity index (χ2v) is 11.1. The maximum absolute atomic E-state index is 5.62. The maximum Gasteiger partial charge on any atom is 0.166 e. The molecule has 0 aliphatic carbocycles. The molecule has 1 saturated heterocycles. The topological polar surface area (TPSA) is 18.5 Å². The second-order valence-electron chi connectivity index (χ2n) is 6.42. The first-order valence-electron chi connectivity index (χ1n) is 7.49. The van der Waals surface area contributed by atoms with Gasteiger partial charge in [-0.2, -0.15) is 0 Å². The van der Waals surface area contributed by atoms with E-state index < -0.39 is 8.07 Å². The van der Waals surface area contributed by atoms with Gasteiger partial charge in [-0.1, -0.05) is 60.8 Å². The Balaban J connectivity index is 1.80. The molecule has 0 bridgehead atoms. The van der Waals surface area contributed by atoms with Crippen molar-refractivity contribution >= 4 is 8.07 Å². The quantitative estimate of drug-likeness (QED) is 0.734. The molecule has 1 fully saturated rings. The molecule has 0 aromatic heterocycles. The summed E-state index contributed by atoms with van der Waals surface area (Å²) in [4.78, 5) is 0. The van der Waals surface area contributed by atoms with E-state index in [0.29, 0.717) is 0 Å². The van der Waals surface area contributed by atoms with Gasteiger partial charge in [0.05, 0.1) is 21.3 Å². The SMILES string of the molecule is CC1(CC/C=C\[Si](C)(C)Cc2ccccc2)OCCO1. The summed E-state index contributed by atoms with van der Waals surface area (Å²) in [5, 5.41) is 0. The van der Waals surface area contributed by atoms with Crippen LogP contribution >= 0.6 is 0 Å². The molecule has 1 heterocycles. The summed E-state index contributed by atoms with van der Waals surface area (Å²) in [6, 6.07) is 12.0. The van der Waals surface area contributed by atoms with E-state index in [1.165, 1.54) is 11.6 Å². The monoisotopic (exact) mass is 290 g/mol. The minimum absolute atomic E-state index is 0.352. The van der Waals surface area contributed by atoms with Crippen molar-refractivity contribution in [2.45, 2.75) is 44.7 Å². The Labute approximate surface area is 123 Å². The molecule has 1 aliphatic rings. The van der Waals surface area contributed by atoms with E-state index in [1.807, 2.05) is 6.92 Å². The van der Waals surface area contributed by atoms with Gasteiger partial charge in [-0.25, -0.2) is 0 Å². The molecule has 20 heavy (non-hydrogen) atoms. The van der Waals surface area contributed by atoms with E-state index in [4.69, 9.17) is 9.47 Å². The van der Waals surface area contributed by atoms with Gasteiger partial charge in [0.2, 0.25) is 0 Å². The first-order valence-corrected chi connectivity index (χ1v) is 10.8. The molecule has 1 aromatic carbocycles. The lowest BCUT2D eigenvalue weighted by Crippen LogP contribution is -2.27. The Kier molecular flexibility index (Phi) is 5.19. The fourth-order valence-electron chi connectivity index (χ4n) is 2.63. The number of allylic oxidation sites excluding steroid dienone is 1. The van der Waals surface area contributed by atoms with E-state index in [-0.39, 0.29) is 5.79 Å². The first-order chi connectivity index (χ1) is 9.49. The van der Waals surface area contributed by atoms with Crippen molar-refractivity contribution in [2.24, 2.45) is 0 Å². The molecular formula is C17H26O2Si. The zero-order chi connectivity index (χ0) is 14.5. The standard InChI is InChI=1S/C17H26O2Si/c1-17(18-12-13-19-17)11-7-8-14-20(2,3)15-16-9-5-4-6-10-16/h4-6,8-10,14H,7,11-13,15H2,1-3H3/b14-8-. The van der Waals surface area contributed by atoms with Crippen molar-refractivity contribution in [3.63, 3.8) is 0 Å². The molecule has 0 N–H and O–H groups in total. The van der Waals surface area contributed by atoms with Crippen LogP contribution in [0.25, 0.3) is 0 Å². The summed E-state index contributed by atoms with van der Waals surface area (Å²) in [7, 11) is -1.31. The van der Waals surface area contributed by atoms with Crippen LogP contribution in [0, 0.1) is 0 Å². The average molecular weight is 290 g/mol. The molecule has 0 atom stereocenters. The third-order valence-electron chi connectivity index (χ3n) is 3.73. The molecular weight excluding hydrogens is 264 g/mol. The van der Waals surface area contributed by atoms with Gasteiger partial charge in [-0.3, -0.25) is 0 Å². The number of rotatable bonds is 6. The predicted molar refractivity (Wildman–Crippen MR) is 86.3 cm³/mol. The van der Waals surface area contributed by atoms with Crippen molar-refractivity contribution in [3.8, 4) is 0 Å². The lowest BCUT2D eigenvalue weighted by Gasteiger charge is -2.22. The molecule has 0 radical (unpaired) electrons. The van der Waals surface area contributed by atoms with Gasteiger partial charge in [0.25, 0.3) is 0 Å². The van der Waals surface area contributed by atoms with Crippen LogP contribution in [0.5, 0.6) is 0 Å². The minimum atomic E-state index is -1.31. The van der Waals surface area contributed by atoms with Crippen molar-refractivity contribution in [2.75, 3.05) is 13.2 Å². The first kappa shape index (κ1) is 15.5. The lowest BCUT2D eigenvalue weighted by molar-refractivity contribution is -0.145. The summed E-state index contributed by atoms with van der Waals surface area (Å²) in [6.45, 7) is 8.34. The summed E-state index contributed by atoms with van der Waals surface area (Å²) in [5.74, 6) is -0.352. The summed E-state index contributed by atoms with van der Waals surface area (Å²) >= 11 is 0. The van der Waals surface area contributed by atoms with Crippen LogP contribution in [0.1, 0.15) is 25.3 Å². The minimum Gasteiger partial charge on any atom is -0.348 e. The summed E-state index contributed by atoms with van der Waals surface area (Å²) in [6.07, 6.45) is 4.30. The van der Waals surface area contributed by atoms with Crippen LogP contribution < -0.4 is 0 Å². The average Bonchev–Trinajstić information content (AvgIpc) is 2.83. The Morgan fingerprint density at radius 3 is 2.45 bits per heavy atom. The van der Waals surface area contributed by atoms with Gasteiger partial charge in [0, 0.05) is 6.42 Å². The molecule has 0 saturated carbocycles. The van der Waals surface area contributed by atoms with Gasteiger partial charge >= 0.3 is 0 Å². The van der Waals surface area contributed by atoms with Crippen LogP contribution in [0.3, 0.4) is 0 Å². The second kappa shape index (κ2) is 6.70. The normalized spacial score (nSPS) is 18.8. The Bertz CT molecular complexity index is 434. The fraction of sp³-hybridized carbons (Fsp3) is 0.529. The predicted octanol–water partition coefficient (Wildman–Crippen LogP) is 4.12. The smallest absolute Gasteiger partial charge is 0.166 e. The molecule has 0 spiro atoms. The number of hydrogen-bond donors (Lipinski definition) is 0. The van der Waals surface area contributed by atoms with Gasteiger partial charge in [-0.15, -0.1) is 0 Å². The Hall–Kier alpha value is -0.903. The molecule has 1 aliphatic heterocycles. The summed E-state index contributed by atoms with van der Waals surface area (Å²) < 4.78 is 11.2. The maximum atomic E-state index is 5.62. The van der Waals surface area contributed by atoms with Crippen molar-refractivity contribution in [1.82, 2.24) is 0 Å². The van der Waals surface area contributed by atoms with Crippen molar-refractivity contribution < 1.29 is 9.47 Å². The highest BCUT2D eigenvalue weighted by molar-refractivity contribution is 6.81. The molecule has 110 valence electrons. The zero-order valence-electron chi connectivity index (χ0n) is 12.9. The number of benzene rings is 1. The molecule has 1 aromatic rings. The van der Waals surface area contributed by atoms with Crippen LogP contribution in [0.2, 0.25) is 13.1 Å². The Morgan fingerprint density at radius 2 is 1.80 bits per heavy atom. The highest BCUT2D eigenvalue weighted by Gasteiger charge is 2.29. The van der Waals surface area contributed by atoms with Gasteiger partial charge in [0.1, 0.15) is 0 Å². The van der Waals surface area contributed by atoms with E-state index in [1.54, 1.807) is 0 Å². The molecule has 0 unspecified atom stereocenters. The highest BCUT2D eigenvalue weighted by Crippen LogP contribution is 2.24. The van der Waals surface area contributed by atoms with E-state index in [9.17, 15) is 0 Å². The van der Waals surface area contributed by atoms with Crippen LogP contribution in [0.4, 0.5) is 0 Å². The van der Waals surface area contributed by atoms with Crippen LogP contribution in [-0.4, -0.2) is 27.1 Å².